The second-order valence-electron chi connectivity index (χ2n) is 4.80. The van der Waals surface area contributed by atoms with E-state index in [9.17, 15) is 5.11 Å². The number of rotatable bonds is 3. The Hall–Kier alpha value is -1.71. The van der Waals surface area contributed by atoms with Gasteiger partial charge >= 0.3 is 0 Å². The van der Waals surface area contributed by atoms with Crippen LogP contribution in [0.2, 0.25) is 0 Å². The summed E-state index contributed by atoms with van der Waals surface area (Å²) >= 11 is 0. The smallest absolute Gasteiger partial charge is 0.183 e. The Balaban J connectivity index is 2.27. The Bertz CT molecular complexity index is 456. The van der Waals surface area contributed by atoms with Crippen molar-refractivity contribution in [3.8, 4) is 6.07 Å². The summed E-state index contributed by atoms with van der Waals surface area (Å²) in [7, 11) is 3.98. The molecule has 6 nitrogen and oxygen atoms in total. The molecule has 2 unspecified atom stereocenters. The third-order valence-electron chi connectivity index (χ3n) is 3.03. The first-order valence-electron chi connectivity index (χ1n) is 5.92. The summed E-state index contributed by atoms with van der Waals surface area (Å²) in [5.74, 6) is 0.573. The van der Waals surface area contributed by atoms with Crippen LogP contribution in [0.25, 0.3) is 0 Å². The molecule has 0 aromatic carbocycles. The van der Waals surface area contributed by atoms with E-state index in [0.717, 1.165) is 6.54 Å². The molecule has 1 aromatic heterocycles. The lowest BCUT2D eigenvalue weighted by atomic mass is 10.2. The average molecular weight is 247 g/mol. The van der Waals surface area contributed by atoms with Crippen molar-refractivity contribution in [1.82, 2.24) is 14.9 Å². The molecule has 2 atom stereocenters. The van der Waals surface area contributed by atoms with Crippen molar-refractivity contribution in [3.05, 3.63) is 18.1 Å². The molecule has 2 heterocycles. The number of likely N-dealkylation sites (N-methyl/N-ethyl adjacent to an activating group) is 1. The predicted molar refractivity (Wildman–Crippen MR) is 67.1 cm³/mol. The third kappa shape index (κ3) is 2.58. The number of nitrogens with zero attached hydrogens (tertiary/aromatic N) is 5. The van der Waals surface area contributed by atoms with Crippen molar-refractivity contribution in [2.45, 2.75) is 18.6 Å². The van der Waals surface area contributed by atoms with Gasteiger partial charge in [0, 0.05) is 31.5 Å². The van der Waals surface area contributed by atoms with E-state index in [2.05, 4.69) is 20.9 Å². The minimum atomic E-state index is -0.372. The van der Waals surface area contributed by atoms with Crippen molar-refractivity contribution in [1.29, 1.82) is 5.26 Å². The summed E-state index contributed by atoms with van der Waals surface area (Å²) in [5.41, 5.74) is 0.315. The largest absolute Gasteiger partial charge is 0.391 e. The minimum absolute atomic E-state index is 0.166. The van der Waals surface area contributed by atoms with Crippen molar-refractivity contribution >= 4 is 5.82 Å². The lowest BCUT2D eigenvalue weighted by molar-refractivity contribution is 0.191. The number of anilines is 1. The highest BCUT2D eigenvalue weighted by Crippen LogP contribution is 2.25. The highest BCUT2D eigenvalue weighted by Gasteiger charge is 2.33. The maximum atomic E-state index is 9.82. The normalized spacial score (nSPS) is 23.4. The van der Waals surface area contributed by atoms with Crippen LogP contribution in [0.4, 0.5) is 5.82 Å². The Morgan fingerprint density at radius 2 is 2.22 bits per heavy atom. The molecule has 0 spiro atoms. The second kappa shape index (κ2) is 5.29. The molecular formula is C12H17N5O. The third-order valence-corrected chi connectivity index (χ3v) is 3.03. The molecule has 1 saturated heterocycles. The quantitative estimate of drug-likeness (QED) is 0.800. The van der Waals surface area contributed by atoms with Crippen LogP contribution in [-0.4, -0.2) is 59.3 Å². The summed E-state index contributed by atoms with van der Waals surface area (Å²) in [5, 5.41) is 18.9. The van der Waals surface area contributed by atoms with Crippen LogP contribution in [0.1, 0.15) is 12.1 Å². The zero-order valence-corrected chi connectivity index (χ0v) is 10.6. The van der Waals surface area contributed by atoms with E-state index in [1.54, 1.807) is 6.20 Å². The summed E-state index contributed by atoms with van der Waals surface area (Å²) in [6, 6.07) is 2.22. The fourth-order valence-corrected chi connectivity index (χ4v) is 2.37. The summed E-state index contributed by atoms with van der Waals surface area (Å²) in [4.78, 5) is 12.3. The Morgan fingerprint density at radius 1 is 1.50 bits per heavy atom. The molecule has 1 aromatic rings. The molecule has 1 aliphatic rings. The van der Waals surface area contributed by atoms with Gasteiger partial charge < -0.3 is 14.9 Å². The van der Waals surface area contributed by atoms with Gasteiger partial charge in [0.25, 0.3) is 0 Å². The zero-order chi connectivity index (χ0) is 13.1. The number of aliphatic hydroxyl groups is 1. The number of hydrogen-bond acceptors (Lipinski definition) is 6. The first-order chi connectivity index (χ1) is 8.61. The molecule has 0 amide bonds. The number of hydrogen-bond donors (Lipinski definition) is 1. The van der Waals surface area contributed by atoms with Gasteiger partial charge in [-0.1, -0.05) is 0 Å². The average Bonchev–Trinajstić information content (AvgIpc) is 2.69. The van der Waals surface area contributed by atoms with Gasteiger partial charge in [-0.15, -0.1) is 0 Å². The Labute approximate surface area is 106 Å². The molecule has 2 rings (SSSR count). The predicted octanol–water partition coefficient (Wildman–Crippen LogP) is -0.151. The SMILES string of the molecule is CN(C)CC1CC(O)CN1c1nccnc1C#N. The van der Waals surface area contributed by atoms with Crippen molar-refractivity contribution in [2.24, 2.45) is 0 Å². The molecular weight excluding hydrogens is 230 g/mol. The maximum absolute atomic E-state index is 9.82. The minimum Gasteiger partial charge on any atom is -0.391 e. The van der Waals surface area contributed by atoms with Crippen molar-refractivity contribution < 1.29 is 5.11 Å². The molecule has 0 saturated carbocycles. The highest BCUT2D eigenvalue weighted by atomic mass is 16.3. The van der Waals surface area contributed by atoms with E-state index in [4.69, 9.17) is 5.26 Å². The lowest BCUT2D eigenvalue weighted by Gasteiger charge is -2.27. The fraction of sp³-hybridized carbons (Fsp3) is 0.583. The molecule has 96 valence electrons. The van der Waals surface area contributed by atoms with Crippen LogP contribution < -0.4 is 4.90 Å². The lowest BCUT2D eigenvalue weighted by Crippen LogP contribution is -2.38. The van der Waals surface area contributed by atoms with E-state index >= 15 is 0 Å². The van der Waals surface area contributed by atoms with Crippen molar-refractivity contribution in [3.63, 3.8) is 0 Å². The number of β-amino-alcohol motifs (C(OH)–C–C–N with tert-alkyl or cyclic N) is 1. The molecule has 1 fully saturated rings. The van der Waals surface area contributed by atoms with Crippen LogP contribution in [0.5, 0.6) is 0 Å². The van der Waals surface area contributed by atoms with Gasteiger partial charge in [-0.05, 0) is 20.5 Å². The zero-order valence-electron chi connectivity index (χ0n) is 10.6. The standard InChI is InChI=1S/C12H17N5O/c1-16(2)7-9-5-10(18)8-17(9)12-11(6-13)14-3-4-15-12/h3-4,9-10,18H,5,7-8H2,1-2H3. The van der Waals surface area contributed by atoms with Gasteiger partial charge in [0.2, 0.25) is 0 Å². The first kappa shape index (κ1) is 12.7. The van der Waals surface area contributed by atoms with Crippen LogP contribution in [0, 0.1) is 11.3 Å². The Morgan fingerprint density at radius 3 is 2.89 bits per heavy atom. The van der Waals surface area contributed by atoms with Gasteiger partial charge in [0.05, 0.1) is 6.10 Å². The van der Waals surface area contributed by atoms with E-state index in [0.29, 0.717) is 24.5 Å². The summed E-state index contributed by atoms with van der Waals surface area (Å²) in [6.45, 7) is 1.32. The van der Waals surface area contributed by atoms with Crippen LogP contribution >= 0.6 is 0 Å². The second-order valence-corrected chi connectivity index (χ2v) is 4.80. The molecule has 6 heteroatoms. The van der Waals surface area contributed by atoms with E-state index in [1.165, 1.54) is 6.20 Å². The maximum Gasteiger partial charge on any atom is 0.183 e. The molecule has 18 heavy (non-hydrogen) atoms. The van der Waals surface area contributed by atoms with Crippen molar-refractivity contribution in [2.75, 3.05) is 32.1 Å². The van der Waals surface area contributed by atoms with Gasteiger partial charge in [-0.25, -0.2) is 9.97 Å². The van der Waals surface area contributed by atoms with Crippen LogP contribution in [0.15, 0.2) is 12.4 Å². The van der Waals surface area contributed by atoms with Gasteiger partial charge in [-0.2, -0.15) is 5.26 Å². The van der Waals surface area contributed by atoms with Gasteiger partial charge in [-0.3, -0.25) is 0 Å². The van der Waals surface area contributed by atoms with Gasteiger partial charge in [0.1, 0.15) is 6.07 Å². The molecule has 0 aliphatic carbocycles. The molecule has 1 aliphatic heterocycles. The fourth-order valence-electron chi connectivity index (χ4n) is 2.37. The molecule has 1 N–H and O–H groups in total. The summed E-state index contributed by atoms with van der Waals surface area (Å²) < 4.78 is 0. The monoisotopic (exact) mass is 247 g/mol. The number of aliphatic hydroxyl groups excluding tert-OH is 1. The highest BCUT2D eigenvalue weighted by molar-refractivity contribution is 5.51. The van der Waals surface area contributed by atoms with E-state index < -0.39 is 0 Å². The molecule has 0 radical (unpaired) electrons. The summed E-state index contributed by atoms with van der Waals surface area (Å²) in [6.07, 6.45) is 3.41. The first-order valence-corrected chi connectivity index (χ1v) is 5.92. The molecule has 0 bridgehead atoms. The number of nitriles is 1. The van der Waals surface area contributed by atoms with E-state index in [1.807, 2.05) is 19.0 Å². The topological polar surface area (TPSA) is 76.3 Å². The number of aromatic nitrogens is 2. The van der Waals surface area contributed by atoms with E-state index in [-0.39, 0.29) is 12.1 Å². The Kier molecular flexibility index (Phi) is 3.75. The van der Waals surface area contributed by atoms with Crippen LogP contribution in [-0.2, 0) is 0 Å². The van der Waals surface area contributed by atoms with Gasteiger partial charge in [0.15, 0.2) is 11.5 Å². The van der Waals surface area contributed by atoms with Crippen LogP contribution in [0.3, 0.4) is 0 Å².